The number of nitrogens with zero attached hydrogens (tertiary/aromatic N) is 3. The molecule has 0 saturated heterocycles. The average molecular weight is 548 g/mol. The van der Waals surface area contributed by atoms with Gasteiger partial charge in [0.1, 0.15) is 11.2 Å². The predicted molar refractivity (Wildman–Crippen MR) is 160 cm³/mol. The molecule has 5 rings (SSSR count). The Hall–Kier alpha value is -5.12. The number of benzene rings is 4. The minimum Gasteiger partial charge on any atom is -0.324 e. The molecule has 0 amide bonds. The van der Waals surface area contributed by atoms with Gasteiger partial charge in [-0.2, -0.15) is 13.4 Å². The first kappa shape index (κ1) is 26.5. The van der Waals surface area contributed by atoms with Crippen LogP contribution < -0.4 is 10.6 Å². The molecule has 0 radical (unpaired) electrons. The topological polar surface area (TPSA) is 117 Å². The summed E-state index contributed by atoms with van der Waals surface area (Å²) in [6.45, 7) is 0. The Morgan fingerprint density at radius 2 is 1.05 bits per heavy atom. The van der Waals surface area contributed by atoms with Crippen molar-refractivity contribution < 1.29 is 13.0 Å². The van der Waals surface area contributed by atoms with Gasteiger partial charge in [0.15, 0.2) is 0 Å². The second-order valence-corrected chi connectivity index (χ2v) is 10.1. The molecule has 4 aromatic carbocycles. The van der Waals surface area contributed by atoms with E-state index in [-0.39, 0.29) is 4.90 Å². The first-order valence-electron chi connectivity index (χ1n) is 12.3. The van der Waals surface area contributed by atoms with E-state index in [4.69, 9.17) is 0 Å². The Bertz CT molecular complexity index is 1750. The van der Waals surface area contributed by atoms with Gasteiger partial charge in [0.2, 0.25) is 11.9 Å². The highest BCUT2D eigenvalue weighted by atomic mass is 32.2. The Morgan fingerprint density at radius 1 is 0.575 bits per heavy atom. The van der Waals surface area contributed by atoms with Gasteiger partial charge >= 0.3 is 0 Å². The van der Waals surface area contributed by atoms with E-state index in [0.717, 1.165) is 28.1 Å². The summed E-state index contributed by atoms with van der Waals surface area (Å²) in [6.07, 6.45) is 8.96. The van der Waals surface area contributed by atoms with Crippen LogP contribution in [0.25, 0.3) is 24.3 Å². The molecule has 198 valence electrons. The first-order chi connectivity index (χ1) is 19.4. The number of anilines is 4. The molecule has 8 nitrogen and oxygen atoms in total. The SMILES string of the molecule is O=S(=O)(O)c1ccccc1C=Cc1ccc(Nc2ncnc(Nc3ccc(C=Cc4ccccc4)cc3)n2)cc1. The smallest absolute Gasteiger partial charge is 0.295 e. The second kappa shape index (κ2) is 12.2. The highest BCUT2D eigenvalue weighted by Gasteiger charge is 2.12. The molecule has 0 aliphatic rings. The van der Waals surface area contributed by atoms with Crippen LogP contribution in [-0.2, 0) is 10.1 Å². The molecular weight excluding hydrogens is 522 g/mol. The third kappa shape index (κ3) is 7.25. The number of aromatic nitrogens is 3. The van der Waals surface area contributed by atoms with Crippen LogP contribution >= 0.6 is 0 Å². The highest BCUT2D eigenvalue weighted by molar-refractivity contribution is 7.85. The third-order valence-corrected chi connectivity index (χ3v) is 6.75. The van der Waals surface area contributed by atoms with Gasteiger partial charge in [-0.15, -0.1) is 0 Å². The van der Waals surface area contributed by atoms with Crippen molar-refractivity contribution in [1.29, 1.82) is 0 Å². The van der Waals surface area contributed by atoms with E-state index in [1.165, 1.54) is 12.4 Å². The lowest BCUT2D eigenvalue weighted by atomic mass is 10.1. The number of rotatable bonds is 9. The van der Waals surface area contributed by atoms with Gasteiger partial charge in [-0.05, 0) is 52.6 Å². The summed E-state index contributed by atoms with van der Waals surface area (Å²) in [5, 5.41) is 6.35. The van der Waals surface area contributed by atoms with Gasteiger partial charge in [-0.25, -0.2) is 9.97 Å². The van der Waals surface area contributed by atoms with Gasteiger partial charge in [-0.1, -0.05) is 97.1 Å². The maximum absolute atomic E-state index is 11.6. The van der Waals surface area contributed by atoms with Crippen molar-refractivity contribution >= 4 is 57.7 Å². The van der Waals surface area contributed by atoms with Gasteiger partial charge < -0.3 is 10.6 Å². The van der Waals surface area contributed by atoms with Gasteiger partial charge in [-0.3, -0.25) is 4.55 Å². The Labute approximate surface area is 232 Å². The van der Waals surface area contributed by atoms with Crippen molar-refractivity contribution in [2.75, 3.05) is 10.6 Å². The summed E-state index contributed by atoms with van der Waals surface area (Å²) in [4.78, 5) is 12.7. The maximum atomic E-state index is 11.6. The van der Waals surface area contributed by atoms with Gasteiger partial charge in [0.25, 0.3) is 10.1 Å². The van der Waals surface area contributed by atoms with Crippen LogP contribution in [0, 0.1) is 0 Å². The summed E-state index contributed by atoms with van der Waals surface area (Å²) in [6, 6.07) is 31.8. The Kier molecular flexibility index (Phi) is 8.05. The molecule has 0 bridgehead atoms. The van der Waals surface area contributed by atoms with Gasteiger partial charge in [0, 0.05) is 11.4 Å². The van der Waals surface area contributed by atoms with E-state index in [2.05, 4.69) is 49.9 Å². The van der Waals surface area contributed by atoms with Crippen molar-refractivity contribution in [3.8, 4) is 0 Å². The Morgan fingerprint density at radius 3 is 1.60 bits per heavy atom. The standard InChI is InChI=1S/C31H25N5O3S/c37-40(38,39)29-9-5-4-8-26(29)17-12-25-15-20-28(21-16-25)35-31-33-22-32-30(36-31)34-27-18-13-24(14-19-27)11-10-23-6-2-1-3-7-23/h1-22H,(H,37,38,39)(H2,32,33,34,35,36). The normalized spacial score (nSPS) is 11.6. The minimum absolute atomic E-state index is 0.139. The molecule has 0 unspecified atom stereocenters. The van der Waals surface area contributed by atoms with Crippen LogP contribution in [0.1, 0.15) is 22.3 Å². The molecule has 0 aliphatic heterocycles. The molecule has 9 heteroatoms. The van der Waals surface area contributed by atoms with Crippen LogP contribution in [-0.4, -0.2) is 27.9 Å². The molecule has 1 heterocycles. The lowest BCUT2D eigenvalue weighted by molar-refractivity contribution is 0.483. The summed E-state index contributed by atoms with van der Waals surface area (Å²) < 4.78 is 32.6. The predicted octanol–water partition coefficient (Wildman–Crippen LogP) is 6.95. The summed E-state index contributed by atoms with van der Waals surface area (Å²) in [5.41, 5.74) is 5.07. The summed E-state index contributed by atoms with van der Waals surface area (Å²) in [7, 11) is -4.30. The summed E-state index contributed by atoms with van der Waals surface area (Å²) in [5.74, 6) is 0.785. The van der Waals surface area contributed by atoms with E-state index in [0.29, 0.717) is 17.5 Å². The van der Waals surface area contributed by atoms with Crippen LogP contribution in [0.4, 0.5) is 23.3 Å². The average Bonchev–Trinajstić information content (AvgIpc) is 2.97. The van der Waals surface area contributed by atoms with Crippen LogP contribution in [0.2, 0.25) is 0 Å². The van der Waals surface area contributed by atoms with Gasteiger partial charge in [0.05, 0.1) is 0 Å². The minimum atomic E-state index is -4.30. The molecule has 0 fully saturated rings. The van der Waals surface area contributed by atoms with E-state index < -0.39 is 10.1 Å². The maximum Gasteiger partial charge on any atom is 0.295 e. The van der Waals surface area contributed by atoms with Crippen molar-refractivity contribution in [1.82, 2.24) is 15.0 Å². The lowest BCUT2D eigenvalue weighted by Gasteiger charge is -2.08. The van der Waals surface area contributed by atoms with Crippen molar-refractivity contribution in [3.05, 3.63) is 132 Å². The zero-order valence-electron chi connectivity index (χ0n) is 21.2. The Balaban J connectivity index is 1.21. The second-order valence-electron chi connectivity index (χ2n) is 8.72. The number of hydrogen-bond acceptors (Lipinski definition) is 7. The summed E-state index contributed by atoms with van der Waals surface area (Å²) >= 11 is 0. The zero-order valence-corrected chi connectivity index (χ0v) is 22.0. The molecule has 1 aromatic heterocycles. The molecule has 40 heavy (non-hydrogen) atoms. The molecular formula is C31H25N5O3S. The number of nitrogens with one attached hydrogen (secondary N) is 2. The van der Waals surface area contributed by atoms with Crippen molar-refractivity contribution in [3.63, 3.8) is 0 Å². The van der Waals surface area contributed by atoms with Crippen LogP contribution in [0.15, 0.2) is 114 Å². The highest BCUT2D eigenvalue weighted by Crippen LogP contribution is 2.21. The molecule has 5 aromatic rings. The fraction of sp³-hybridized carbons (Fsp3) is 0. The van der Waals surface area contributed by atoms with E-state index in [9.17, 15) is 13.0 Å². The number of hydrogen-bond donors (Lipinski definition) is 3. The van der Waals surface area contributed by atoms with E-state index in [1.54, 1.807) is 30.4 Å². The van der Waals surface area contributed by atoms with E-state index in [1.807, 2.05) is 66.7 Å². The lowest BCUT2D eigenvalue weighted by Crippen LogP contribution is -2.02. The van der Waals surface area contributed by atoms with E-state index >= 15 is 0 Å². The molecule has 0 saturated carbocycles. The van der Waals surface area contributed by atoms with Crippen LogP contribution in [0.3, 0.4) is 0 Å². The fourth-order valence-corrected chi connectivity index (χ4v) is 4.51. The van der Waals surface area contributed by atoms with Crippen molar-refractivity contribution in [2.45, 2.75) is 4.90 Å². The third-order valence-electron chi connectivity index (χ3n) is 5.83. The quantitative estimate of drug-likeness (QED) is 0.134. The fourth-order valence-electron chi connectivity index (χ4n) is 3.83. The monoisotopic (exact) mass is 547 g/mol. The molecule has 0 spiro atoms. The zero-order chi connectivity index (χ0) is 27.8. The largest absolute Gasteiger partial charge is 0.324 e. The first-order valence-corrected chi connectivity index (χ1v) is 13.8. The molecule has 0 atom stereocenters. The molecule has 0 aliphatic carbocycles. The van der Waals surface area contributed by atoms with Crippen LogP contribution in [0.5, 0.6) is 0 Å². The molecule has 3 N–H and O–H groups in total. The van der Waals surface area contributed by atoms with Crippen molar-refractivity contribution in [2.24, 2.45) is 0 Å².